The Morgan fingerprint density at radius 3 is 1.84 bits per heavy atom. The van der Waals surface area contributed by atoms with E-state index in [1.54, 1.807) is 0 Å². The number of hydrogen-bond acceptors (Lipinski definition) is 4. The Hall–Kier alpha value is -2.64. The molecule has 174 valence electrons. The molecule has 0 radical (unpaired) electrons. The molecule has 0 unspecified atom stereocenters. The zero-order valence-corrected chi connectivity index (χ0v) is 16.9. The number of alkyl halides is 6. The first-order chi connectivity index (χ1) is 14.8. The molecule has 1 heterocycles. The number of morpholine rings is 1. The molecule has 1 amide bonds. The predicted molar refractivity (Wildman–Crippen MR) is 100 cm³/mol. The lowest BCUT2D eigenvalue weighted by atomic mass is 10.1. The molecule has 1 saturated heterocycles. The van der Waals surface area contributed by atoms with Gasteiger partial charge in [-0.3, -0.25) is 4.79 Å². The fourth-order valence-corrected chi connectivity index (χ4v) is 4.35. The third-order valence-corrected chi connectivity index (χ3v) is 6.48. The Bertz CT molecular complexity index is 1060. The molecule has 1 N–H and O–H groups in total. The van der Waals surface area contributed by atoms with Crippen LogP contribution >= 0.6 is 0 Å². The molecule has 0 atom stereocenters. The van der Waals surface area contributed by atoms with Crippen LogP contribution in [-0.2, 0) is 27.1 Å². The van der Waals surface area contributed by atoms with Crippen LogP contribution in [0.25, 0.3) is 0 Å². The number of ether oxygens (including phenoxy) is 1. The largest absolute Gasteiger partial charge is 0.416 e. The Labute approximate surface area is 178 Å². The molecule has 3 rings (SSSR count). The molecular weight excluding hydrogens is 466 g/mol. The molecule has 0 saturated carbocycles. The highest BCUT2D eigenvalue weighted by Crippen LogP contribution is 2.37. The molecule has 2 aromatic rings. The molecule has 1 aliphatic rings. The monoisotopic (exact) mass is 482 g/mol. The number of hydrogen-bond donors (Lipinski definition) is 1. The molecular formula is C19H16F6N2O4S. The van der Waals surface area contributed by atoms with E-state index in [9.17, 15) is 39.6 Å². The van der Waals surface area contributed by atoms with Crippen LogP contribution in [0.2, 0.25) is 0 Å². The first-order valence-corrected chi connectivity index (χ1v) is 10.5. The maximum Gasteiger partial charge on any atom is 0.416 e. The highest BCUT2D eigenvalue weighted by atomic mass is 32.2. The van der Waals surface area contributed by atoms with Crippen molar-refractivity contribution in [2.75, 3.05) is 31.6 Å². The van der Waals surface area contributed by atoms with Gasteiger partial charge in [0.1, 0.15) is 0 Å². The summed E-state index contributed by atoms with van der Waals surface area (Å²) in [7, 11) is -3.84. The molecule has 0 aliphatic carbocycles. The van der Waals surface area contributed by atoms with E-state index in [4.69, 9.17) is 4.74 Å². The van der Waals surface area contributed by atoms with Gasteiger partial charge in [-0.2, -0.15) is 30.6 Å². The molecule has 0 bridgehead atoms. The summed E-state index contributed by atoms with van der Waals surface area (Å²) in [5.41, 5.74) is -4.01. The SMILES string of the molecule is O=C(Nc1cc(C(F)(F)F)cc(C(F)(F)F)c1)c1ccc(S(=O)(=O)N2CCOCC2)cc1. The average Bonchev–Trinajstić information content (AvgIpc) is 2.73. The zero-order chi connectivity index (χ0) is 23.7. The Balaban J connectivity index is 1.83. The van der Waals surface area contributed by atoms with Crippen LogP contribution in [-0.4, -0.2) is 44.9 Å². The van der Waals surface area contributed by atoms with Gasteiger partial charge in [-0.15, -0.1) is 0 Å². The van der Waals surface area contributed by atoms with Crippen molar-refractivity contribution in [2.45, 2.75) is 17.2 Å². The molecule has 0 spiro atoms. The first-order valence-electron chi connectivity index (χ1n) is 9.07. The van der Waals surface area contributed by atoms with E-state index in [-0.39, 0.29) is 42.8 Å². The number of nitrogens with one attached hydrogen (secondary N) is 1. The molecule has 2 aromatic carbocycles. The fourth-order valence-electron chi connectivity index (χ4n) is 2.94. The van der Waals surface area contributed by atoms with Crippen LogP contribution in [0.15, 0.2) is 47.4 Å². The number of carbonyl (C=O) groups is 1. The summed E-state index contributed by atoms with van der Waals surface area (Å²) in [6, 6.07) is 5.19. The van der Waals surface area contributed by atoms with Gasteiger partial charge in [-0.25, -0.2) is 8.42 Å². The lowest BCUT2D eigenvalue weighted by molar-refractivity contribution is -0.143. The van der Waals surface area contributed by atoms with Gasteiger partial charge in [0.25, 0.3) is 5.91 Å². The van der Waals surface area contributed by atoms with E-state index in [0.29, 0.717) is 12.1 Å². The molecule has 1 aliphatic heterocycles. The number of sulfonamides is 1. The van der Waals surface area contributed by atoms with E-state index < -0.39 is 45.1 Å². The number of benzene rings is 2. The zero-order valence-electron chi connectivity index (χ0n) is 16.1. The molecule has 0 aromatic heterocycles. The minimum absolute atomic E-state index is 0.0546. The van der Waals surface area contributed by atoms with Crippen molar-refractivity contribution in [3.63, 3.8) is 0 Å². The smallest absolute Gasteiger partial charge is 0.379 e. The summed E-state index contributed by atoms with van der Waals surface area (Å²) in [6.45, 7) is 0.774. The molecule has 13 heteroatoms. The van der Waals surface area contributed by atoms with Gasteiger partial charge in [0.2, 0.25) is 10.0 Å². The third kappa shape index (κ3) is 5.40. The van der Waals surface area contributed by atoms with Crippen molar-refractivity contribution in [3.05, 3.63) is 59.2 Å². The van der Waals surface area contributed by atoms with Gasteiger partial charge in [-0.05, 0) is 42.5 Å². The minimum Gasteiger partial charge on any atom is -0.379 e. The van der Waals surface area contributed by atoms with Crippen LogP contribution in [0.3, 0.4) is 0 Å². The predicted octanol–water partition coefficient (Wildman–Crippen LogP) is 4.00. The standard InChI is InChI=1S/C19H16F6N2O4S/c20-18(21,22)13-9-14(19(23,24)25)11-15(10-13)26-17(28)12-1-3-16(4-2-12)32(29,30)27-5-7-31-8-6-27/h1-4,9-11H,5-8H2,(H,26,28). The quantitative estimate of drug-likeness (QED) is 0.669. The van der Waals surface area contributed by atoms with Crippen LogP contribution in [0.1, 0.15) is 21.5 Å². The van der Waals surface area contributed by atoms with Crippen LogP contribution in [0.5, 0.6) is 0 Å². The van der Waals surface area contributed by atoms with Crippen LogP contribution in [0.4, 0.5) is 32.0 Å². The van der Waals surface area contributed by atoms with Crippen molar-refractivity contribution in [2.24, 2.45) is 0 Å². The average molecular weight is 482 g/mol. The number of nitrogens with zero attached hydrogens (tertiary/aromatic N) is 1. The normalized spacial score (nSPS) is 16.1. The number of amides is 1. The summed E-state index contributed by atoms with van der Waals surface area (Å²) >= 11 is 0. The highest BCUT2D eigenvalue weighted by molar-refractivity contribution is 7.89. The van der Waals surface area contributed by atoms with Gasteiger partial charge >= 0.3 is 12.4 Å². The molecule has 32 heavy (non-hydrogen) atoms. The van der Waals surface area contributed by atoms with E-state index in [0.717, 1.165) is 24.3 Å². The summed E-state index contributed by atoms with van der Waals surface area (Å²) < 4.78 is 109. The number of carbonyl (C=O) groups excluding carboxylic acids is 1. The van der Waals surface area contributed by atoms with E-state index in [1.807, 2.05) is 5.32 Å². The second kappa shape index (κ2) is 8.71. The summed E-state index contributed by atoms with van der Waals surface area (Å²) in [4.78, 5) is 12.2. The highest BCUT2D eigenvalue weighted by Gasteiger charge is 2.37. The lowest BCUT2D eigenvalue weighted by Gasteiger charge is -2.26. The Kier molecular flexibility index (Phi) is 6.54. The summed E-state index contributed by atoms with van der Waals surface area (Å²) in [5.74, 6) is -1.01. The van der Waals surface area contributed by atoms with Crippen LogP contribution < -0.4 is 5.32 Å². The number of anilines is 1. The van der Waals surface area contributed by atoms with Gasteiger partial charge in [-0.1, -0.05) is 0 Å². The molecule has 1 fully saturated rings. The van der Waals surface area contributed by atoms with E-state index >= 15 is 0 Å². The maximum atomic E-state index is 13.0. The van der Waals surface area contributed by atoms with Gasteiger partial charge < -0.3 is 10.1 Å². The van der Waals surface area contributed by atoms with Crippen molar-refractivity contribution < 1.29 is 44.3 Å². The van der Waals surface area contributed by atoms with Crippen molar-refractivity contribution in [1.29, 1.82) is 0 Å². The number of rotatable bonds is 4. The second-order valence-electron chi connectivity index (χ2n) is 6.79. The van der Waals surface area contributed by atoms with E-state index in [2.05, 4.69) is 0 Å². The fraction of sp³-hybridized carbons (Fsp3) is 0.316. The minimum atomic E-state index is -5.06. The Morgan fingerprint density at radius 2 is 1.38 bits per heavy atom. The van der Waals surface area contributed by atoms with Crippen molar-refractivity contribution >= 4 is 21.6 Å². The Morgan fingerprint density at radius 1 is 0.875 bits per heavy atom. The van der Waals surface area contributed by atoms with Gasteiger partial charge in [0, 0.05) is 24.3 Å². The van der Waals surface area contributed by atoms with Gasteiger partial charge in [0.15, 0.2) is 0 Å². The lowest BCUT2D eigenvalue weighted by Crippen LogP contribution is -2.40. The van der Waals surface area contributed by atoms with Crippen LogP contribution in [0, 0.1) is 0 Å². The molecule has 6 nitrogen and oxygen atoms in total. The van der Waals surface area contributed by atoms with Crippen molar-refractivity contribution in [3.8, 4) is 0 Å². The summed E-state index contributed by atoms with van der Waals surface area (Å²) in [6.07, 6.45) is -10.1. The maximum absolute atomic E-state index is 13.0. The number of halogens is 6. The first kappa shape index (κ1) is 24.0. The van der Waals surface area contributed by atoms with Gasteiger partial charge in [0.05, 0.1) is 29.2 Å². The van der Waals surface area contributed by atoms with E-state index in [1.165, 1.54) is 4.31 Å². The summed E-state index contributed by atoms with van der Waals surface area (Å²) in [5, 5.41) is 1.99. The topological polar surface area (TPSA) is 75.7 Å². The second-order valence-corrected chi connectivity index (χ2v) is 8.73. The third-order valence-electron chi connectivity index (χ3n) is 4.57. The van der Waals surface area contributed by atoms with Crippen molar-refractivity contribution in [1.82, 2.24) is 4.31 Å².